The lowest BCUT2D eigenvalue weighted by molar-refractivity contribution is 0.283. The second kappa shape index (κ2) is 7.97. The molecule has 1 aliphatic rings. The van der Waals surface area contributed by atoms with Crippen LogP contribution in [0.3, 0.4) is 0 Å². The number of hydrogen-bond acceptors (Lipinski definition) is 3. The van der Waals surface area contributed by atoms with Crippen LogP contribution in [0.15, 0.2) is 42.7 Å². The van der Waals surface area contributed by atoms with Crippen LogP contribution in [0.1, 0.15) is 36.8 Å². The highest BCUT2D eigenvalue weighted by Gasteiger charge is 2.40. The summed E-state index contributed by atoms with van der Waals surface area (Å²) in [5.74, 6) is 0. The maximum Gasteiger partial charge on any atom is 0.170 e. The fraction of sp³-hybridized carbons (Fsp3) is 0.474. The summed E-state index contributed by atoms with van der Waals surface area (Å²) in [5.41, 5.74) is 2.32. The van der Waals surface area contributed by atoms with Crippen molar-refractivity contribution >= 4 is 17.3 Å². The number of aryl methyl sites for hydroxylation is 1. The van der Waals surface area contributed by atoms with Crippen LogP contribution in [0.4, 0.5) is 0 Å². The summed E-state index contributed by atoms with van der Waals surface area (Å²) < 4.78 is 2.30. The summed E-state index contributed by atoms with van der Waals surface area (Å²) in [6.45, 7) is 5.12. The van der Waals surface area contributed by atoms with E-state index in [0.717, 1.165) is 36.9 Å². The van der Waals surface area contributed by atoms with Gasteiger partial charge >= 0.3 is 0 Å². The maximum absolute atomic E-state index is 5.69. The van der Waals surface area contributed by atoms with Gasteiger partial charge in [0.05, 0.1) is 17.8 Å². The molecule has 0 spiro atoms. The highest BCUT2D eigenvalue weighted by atomic mass is 32.1. The van der Waals surface area contributed by atoms with E-state index in [1.54, 1.807) is 0 Å². The zero-order valence-corrected chi connectivity index (χ0v) is 16.0. The van der Waals surface area contributed by atoms with Gasteiger partial charge in [0, 0.05) is 31.2 Å². The van der Waals surface area contributed by atoms with E-state index in [9.17, 15) is 0 Å². The van der Waals surface area contributed by atoms with E-state index < -0.39 is 0 Å². The van der Waals surface area contributed by atoms with Crippen LogP contribution in [0.25, 0.3) is 0 Å². The molecule has 0 unspecified atom stereocenters. The monoisotopic (exact) mass is 357 g/mol. The first-order chi connectivity index (χ1) is 12.1. The third-order valence-corrected chi connectivity index (χ3v) is 5.06. The Morgan fingerprint density at radius 1 is 1.24 bits per heavy atom. The first-order valence-corrected chi connectivity index (χ1v) is 9.30. The zero-order valence-electron chi connectivity index (χ0n) is 15.2. The van der Waals surface area contributed by atoms with Crippen LogP contribution in [0, 0.1) is 0 Å². The fourth-order valence-electron chi connectivity index (χ4n) is 3.51. The average Bonchev–Trinajstić information content (AvgIpc) is 3.19. The summed E-state index contributed by atoms with van der Waals surface area (Å²) in [4.78, 5) is 9.14. The Bertz CT molecular complexity index is 697. The second-order valence-corrected chi connectivity index (χ2v) is 7.08. The zero-order chi connectivity index (χ0) is 17.8. The van der Waals surface area contributed by atoms with Crippen molar-refractivity contribution in [3.05, 3.63) is 54.1 Å². The molecule has 1 N–H and O–H groups in total. The Balaban J connectivity index is 1.92. The molecule has 0 amide bonds. The molecular formula is C19H27N5S. The molecule has 3 rings (SSSR count). The number of nitrogens with one attached hydrogen (secondary N) is 1. The van der Waals surface area contributed by atoms with Crippen molar-refractivity contribution in [3.8, 4) is 0 Å². The number of nitrogens with zero attached hydrogens (tertiary/aromatic N) is 4. The normalized spacial score (nSPS) is 20.3. The van der Waals surface area contributed by atoms with Gasteiger partial charge in [0.2, 0.25) is 0 Å². The van der Waals surface area contributed by atoms with E-state index in [4.69, 9.17) is 12.2 Å². The van der Waals surface area contributed by atoms with Crippen molar-refractivity contribution in [3.63, 3.8) is 0 Å². The molecule has 5 nitrogen and oxygen atoms in total. The molecule has 3 heterocycles. The predicted molar refractivity (Wildman–Crippen MR) is 105 cm³/mol. The van der Waals surface area contributed by atoms with Gasteiger partial charge < -0.3 is 19.7 Å². The van der Waals surface area contributed by atoms with E-state index in [1.807, 2.05) is 18.3 Å². The minimum Gasteiger partial charge on any atom is -0.352 e. The number of pyridine rings is 1. The summed E-state index contributed by atoms with van der Waals surface area (Å²) in [6.07, 6.45) is 5.07. The van der Waals surface area contributed by atoms with E-state index in [2.05, 4.69) is 70.1 Å². The van der Waals surface area contributed by atoms with Crippen LogP contribution in [-0.4, -0.2) is 51.6 Å². The Morgan fingerprint density at radius 3 is 2.76 bits per heavy atom. The molecule has 2 atom stereocenters. The highest BCUT2D eigenvalue weighted by molar-refractivity contribution is 7.80. The van der Waals surface area contributed by atoms with Crippen molar-refractivity contribution in [2.24, 2.45) is 0 Å². The minimum absolute atomic E-state index is 0.0771. The molecule has 0 radical (unpaired) electrons. The van der Waals surface area contributed by atoms with Gasteiger partial charge in [0.15, 0.2) is 5.11 Å². The number of hydrogen-bond donors (Lipinski definition) is 1. The van der Waals surface area contributed by atoms with Gasteiger partial charge in [0.25, 0.3) is 0 Å². The van der Waals surface area contributed by atoms with E-state index in [1.165, 1.54) is 5.69 Å². The van der Waals surface area contributed by atoms with Crippen LogP contribution in [0.2, 0.25) is 0 Å². The van der Waals surface area contributed by atoms with Crippen LogP contribution < -0.4 is 5.32 Å². The summed E-state index contributed by atoms with van der Waals surface area (Å²) in [7, 11) is 4.22. The molecule has 0 saturated carbocycles. The lowest BCUT2D eigenvalue weighted by atomic mass is 10.0. The van der Waals surface area contributed by atoms with Gasteiger partial charge in [-0.1, -0.05) is 6.07 Å². The lowest BCUT2D eigenvalue weighted by Crippen LogP contribution is -2.33. The first-order valence-electron chi connectivity index (χ1n) is 8.89. The van der Waals surface area contributed by atoms with Gasteiger partial charge in [0.1, 0.15) is 0 Å². The molecule has 0 aliphatic carbocycles. The minimum atomic E-state index is 0.0771. The molecule has 2 aromatic heterocycles. The SMILES string of the molecule is CCn1cccc1[C@@H]1[C@H](c2ccccn2)NC(=S)N1CCCN(C)C. The molecule has 0 aromatic carbocycles. The van der Waals surface area contributed by atoms with Crippen molar-refractivity contribution in [1.82, 2.24) is 24.7 Å². The second-order valence-electron chi connectivity index (χ2n) is 6.70. The molecule has 2 aromatic rings. The summed E-state index contributed by atoms with van der Waals surface area (Å²) >= 11 is 5.69. The topological polar surface area (TPSA) is 36.3 Å². The summed E-state index contributed by atoms with van der Waals surface area (Å²) in [6, 6.07) is 10.6. The molecule has 1 fully saturated rings. The van der Waals surface area contributed by atoms with Crippen LogP contribution in [-0.2, 0) is 6.54 Å². The van der Waals surface area contributed by atoms with Crippen molar-refractivity contribution in [2.75, 3.05) is 27.2 Å². The number of thiocarbonyl (C=S) groups is 1. The Hall–Kier alpha value is -1.92. The van der Waals surface area contributed by atoms with E-state index >= 15 is 0 Å². The Kier molecular flexibility index (Phi) is 5.71. The summed E-state index contributed by atoms with van der Waals surface area (Å²) in [5, 5.41) is 4.34. The lowest BCUT2D eigenvalue weighted by Gasteiger charge is -2.29. The van der Waals surface area contributed by atoms with Crippen LogP contribution in [0.5, 0.6) is 0 Å². The highest BCUT2D eigenvalue weighted by Crippen LogP contribution is 2.38. The third kappa shape index (κ3) is 3.85. The molecule has 1 saturated heterocycles. The molecule has 6 heteroatoms. The van der Waals surface area contributed by atoms with Gasteiger partial charge in [-0.3, -0.25) is 4.98 Å². The third-order valence-electron chi connectivity index (χ3n) is 4.71. The fourth-order valence-corrected chi connectivity index (χ4v) is 3.84. The quantitative estimate of drug-likeness (QED) is 0.771. The van der Waals surface area contributed by atoms with Gasteiger partial charge in [-0.05, 0) is 70.5 Å². The smallest absolute Gasteiger partial charge is 0.170 e. The first kappa shape index (κ1) is 17.9. The largest absolute Gasteiger partial charge is 0.352 e. The van der Waals surface area contributed by atoms with Gasteiger partial charge in [-0.15, -0.1) is 0 Å². The Labute approximate surface area is 155 Å². The van der Waals surface area contributed by atoms with E-state index in [0.29, 0.717) is 0 Å². The predicted octanol–water partition coefficient (Wildman–Crippen LogP) is 2.83. The molecule has 1 aliphatic heterocycles. The van der Waals surface area contributed by atoms with E-state index in [-0.39, 0.29) is 12.1 Å². The number of aromatic nitrogens is 2. The maximum atomic E-state index is 5.69. The standard InChI is InChI=1S/C19H27N5S/c1-4-23-13-7-10-16(23)18-17(15-9-5-6-11-20-15)21-19(25)24(18)14-8-12-22(2)3/h5-7,9-11,13,17-18H,4,8,12,14H2,1-3H3,(H,21,25)/t17-,18+/m0/s1. The molecule has 134 valence electrons. The number of rotatable bonds is 7. The molecule has 25 heavy (non-hydrogen) atoms. The van der Waals surface area contributed by atoms with Crippen LogP contribution >= 0.6 is 12.2 Å². The van der Waals surface area contributed by atoms with Gasteiger partial charge in [-0.2, -0.15) is 0 Å². The van der Waals surface area contributed by atoms with Crippen molar-refractivity contribution < 1.29 is 0 Å². The average molecular weight is 358 g/mol. The van der Waals surface area contributed by atoms with Crippen molar-refractivity contribution in [1.29, 1.82) is 0 Å². The Morgan fingerprint density at radius 2 is 2.08 bits per heavy atom. The van der Waals surface area contributed by atoms with Crippen molar-refractivity contribution in [2.45, 2.75) is 32.0 Å². The molecule has 0 bridgehead atoms. The molecular weight excluding hydrogens is 330 g/mol. The van der Waals surface area contributed by atoms with Gasteiger partial charge in [-0.25, -0.2) is 0 Å².